The van der Waals surface area contributed by atoms with E-state index in [1.165, 1.54) is 12.8 Å². The van der Waals surface area contributed by atoms with Crippen LogP contribution in [0.2, 0.25) is 0 Å². The van der Waals surface area contributed by atoms with Crippen molar-refractivity contribution in [2.45, 2.75) is 18.4 Å². The van der Waals surface area contributed by atoms with E-state index in [0.29, 0.717) is 11.5 Å². The zero-order valence-electron chi connectivity index (χ0n) is 18.8. The second kappa shape index (κ2) is 9.79. The van der Waals surface area contributed by atoms with Crippen LogP contribution in [0.5, 0.6) is 0 Å². The fourth-order valence-electron chi connectivity index (χ4n) is 4.00. The average molecular weight is 444 g/mol. The molecule has 3 heteroatoms. The summed E-state index contributed by atoms with van der Waals surface area (Å²) in [5.74, 6) is 6.66. The maximum Gasteiger partial charge on any atom is 0.274 e. The molecular weight excluding hydrogens is 418 g/mol. The minimum Gasteiger partial charge on any atom is -0.267 e. The summed E-state index contributed by atoms with van der Waals surface area (Å²) >= 11 is 0. The molecule has 1 aliphatic carbocycles. The van der Waals surface area contributed by atoms with E-state index in [1.54, 1.807) is 12.1 Å². The second-order valence-corrected chi connectivity index (χ2v) is 8.43. The molecule has 1 fully saturated rings. The smallest absolute Gasteiger partial charge is 0.267 e. The molecule has 0 unspecified atom stereocenters. The number of amides is 1. The lowest BCUT2D eigenvalue weighted by Gasteiger charge is -2.35. The van der Waals surface area contributed by atoms with Crippen molar-refractivity contribution in [1.82, 2.24) is 5.48 Å². The molecule has 5 rings (SSSR count). The van der Waals surface area contributed by atoms with E-state index in [9.17, 15) is 4.79 Å². The van der Waals surface area contributed by atoms with Gasteiger partial charge in [-0.3, -0.25) is 9.63 Å². The van der Waals surface area contributed by atoms with E-state index in [-0.39, 0.29) is 5.91 Å². The summed E-state index contributed by atoms with van der Waals surface area (Å²) in [6.07, 6.45) is 2.38. The van der Waals surface area contributed by atoms with Crippen molar-refractivity contribution in [3.05, 3.63) is 143 Å². The van der Waals surface area contributed by atoms with Gasteiger partial charge in [0.15, 0.2) is 5.60 Å². The van der Waals surface area contributed by atoms with Gasteiger partial charge in [-0.05, 0) is 53.8 Å². The van der Waals surface area contributed by atoms with Crippen molar-refractivity contribution in [1.29, 1.82) is 0 Å². The molecule has 0 saturated heterocycles. The van der Waals surface area contributed by atoms with E-state index < -0.39 is 5.60 Å². The van der Waals surface area contributed by atoms with E-state index >= 15 is 0 Å². The van der Waals surface area contributed by atoms with Crippen molar-refractivity contribution in [3.63, 3.8) is 0 Å². The Labute approximate surface area is 200 Å². The number of carbonyl (C=O) groups is 1. The maximum atomic E-state index is 13.1. The molecule has 0 aromatic heterocycles. The van der Waals surface area contributed by atoms with Crippen LogP contribution in [0.1, 0.15) is 45.5 Å². The standard InChI is InChI=1S/C31H25NO2/c33-30(26-22-20-25(21-23-26)19-18-24-16-17-24)32-34-31(27-10-4-1-5-11-27,28-12-6-2-7-13-28)29-14-8-3-9-15-29/h1-15,20-24H,16-17H2,(H,32,33). The molecule has 166 valence electrons. The fraction of sp³-hybridized carbons (Fsp3) is 0.129. The molecule has 0 aliphatic heterocycles. The SMILES string of the molecule is O=C(NOC(c1ccccc1)(c1ccccc1)c1ccccc1)c1ccc(C#CC2CC2)cc1. The van der Waals surface area contributed by atoms with Crippen LogP contribution in [0.4, 0.5) is 0 Å². The van der Waals surface area contributed by atoms with Gasteiger partial charge in [0.05, 0.1) is 0 Å². The monoisotopic (exact) mass is 443 g/mol. The number of hydrogen-bond acceptors (Lipinski definition) is 2. The van der Waals surface area contributed by atoms with E-state index in [0.717, 1.165) is 22.3 Å². The molecule has 1 saturated carbocycles. The lowest BCUT2D eigenvalue weighted by Crippen LogP contribution is -2.40. The molecule has 3 nitrogen and oxygen atoms in total. The molecular formula is C31H25NO2. The Morgan fingerprint density at radius 3 is 1.62 bits per heavy atom. The van der Waals surface area contributed by atoms with Gasteiger partial charge in [-0.25, -0.2) is 5.48 Å². The van der Waals surface area contributed by atoms with Gasteiger partial charge in [-0.15, -0.1) is 0 Å². The van der Waals surface area contributed by atoms with Crippen LogP contribution < -0.4 is 5.48 Å². The summed E-state index contributed by atoms with van der Waals surface area (Å²) in [6, 6.07) is 37.2. The molecule has 0 heterocycles. The normalized spacial score (nSPS) is 12.9. The quantitative estimate of drug-likeness (QED) is 0.222. The highest BCUT2D eigenvalue weighted by atomic mass is 16.7. The van der Waals surface area contributed by atoms with Crippen molar-refractivity contribution in [2.75, 3.05) is 0 Å². The number of benzene rings is 4. The van der Waals surface area contributed by atoms with Crippen molar-refractivity contribution in [2.24, 2.45) is 5.92 Å². The van der Waals surface area contributed by atoms with Crippen LogP contribution in [0.3, 0.4) is 0 Å². The van der Waals surface area contributed by atoms with Crippen LogP contribution in [-0.2, 0) is 10.4 Å². The Balaban J connectivity index is 1.48. The molecule has 34 heavy (non-hydrogen) atoms. The second-order valence-electron chi connectivity index (χ2n) is 8.43. The lowest BCUT2D eigenvalue weighted by molar-refractivity contribution is -0.0474. The van der Waals surface area contributed by atoms with Crippen molar-refractivity contribution in [3.8, 4) is 11.8 Å². The van der Waals surface area contributed by atoms with Gasteiger partial charge >= 0.3 is 0 Å². The minimum atomic E-state index is -1.02. The molecule has 0 bridgehead atoms. The third kappa shape index (κ3) is 4.64. The predicted molar refractivity (Wildman–Crippen MR) is 134 cm³/mol. The number of hydrogen-bond donors (Lipinski definition) is 1. The molecule has 1 aliphatic rings. The van der Waals surface area contributed by atoms with Gasteiger partial charge in [0, 0.05) is 17.0 Å². The van der Waals surface area contributed by atoms with Gasteiger partial charge in [-0.2, -0.15) is 0 Å². The van der Waals surface area contributed by atoms with E-state index in [2.05, 4.69) is 17.3 Å². The molecule has 4 aromatic carbocycles. The summed E-state index contributed by atoms with van der Waals surface area (Å²) in [4.78, 5) is 19.5. The molecule has 1 amide bonds. The Kier molecular flexibility index (Phi) is 6.25. The van der Waals surface area contributed by atoms with Crippen LogP contribution in [0.25, 0.3) is 0 Å². The summed E-state index contributed by atoms with van der Waals surface area (Å²) < 4.78 is 0. The molecule has 0 atom stereocenters. The van der Waals surface area contributed by atoms with Gasteiger partial charge in [0.2, 0.25) is 0 Å². The van der Waals surface area contributed by atoms with Gasteiger partial charge in [-0.1, -0.05) is 103 Å². The van der Waals surface area contributed by atoms with Gasteiger partial charge in [0.25, 0.3) is 5.91 Å². The highest BCUT2D eigenvalue weighted by Crippen LogP contribution is 2.39. The molecule has 0 radical (unpaired) electrons. The lowest BCUT2D eigenvalue weighted by atomic mass is 9.80. The Bertz CT molecular complexity index is 1200. The summed E-state index contributed by atoms with van der Waals surface area (Å²) in [6.45, 7) is 0. The Morgan fingerprint density at radius 2 is 1.18 bits per heavy atom. The zero-order valence-corrected chi connectivity index (χ0v) is 18.8. The van der Waals surface area contributed by atoms with Crippen LogP contribution in [0, 0.1) is 17.8 Å². The third-order valence-electron chi connectivity index (χ3n) is 5.98. The van der Waals surface area contributed by atoms with Crippen molar-refractivity contribution < 1.29 is 9.63 Å². The third-order valence-corrected chi connectivity index (χ3v) is 5.98. The van der Waals surface area contributed by atoms with Crippen LogP contribution >= 0.6 is 0 Å². The number of carbonyl (C=O) groups excluding carboxylic acids is 1. The highest BCUT2D eigenvalue weighted by molar-refractivity contribution is 5.93. The summed E-state index contributed by atoms with van der Waals surface area (Å²) in [7, 11) is 0. The zero-order chi connectivity index (χ0) is 23.2. The summed E-state index contributed by atoms with van der Waals surface area (Å²) in [5.41, 5.74) is 5.89. The largest absolute Gasteiger partial charge is 0.274 e. The predicted octanol–water partition coefficient (Wildman–Crippen LogP) is 6.10. The van der Waals surface area contributed by atoms with E-state index in [4.69, 9.17) is 4.84 Å². The first kappa shape index (κ1) is 21.7. The molecule has 0 spiro atoms. The Hall–Kier alpha value is -4.13. The van der Waals surface area contributed by atoms with Crippen molar-refractivity contribution >= 4 is 5.91 Å². The average Bonchev–Trinajstić information content (AvgIpc) is 3.75. The number of nitrogens with one attached hydrogen (secondary N) is 1. The number of hydroxylamine groups is 1. The first-order chi connectivity index (χ1) is 16.8. The van der Waals surface area contributed by atoms with Crippen LogP contribution in [0.15, 0.2) is 115 Å². The highest BCUT2D eigenvalue weighted by Gasteiger charge is 2.39. The Morgan fingerprint density at radius 1 is 0.706 bits per heavy atom. The van der Waals surface area contributed by atoms with Gasteiger partial charge in [0.1, 0.15) is 0 Å². The summed E-state index contributed by atoms with van der Waals surface area (Å²) in [5, 5.41) is 0. The van der Waals surface area contributed by atoms with Crippen LogP contribution in [-0.4, -0.2) is 5.91 Å². The van der Waals surface area contributed by atoms with Gasteiger partial charge < -0.3 is 0 Å². The fourth-order valence-corrected chi connectivity index (χ4v) is 4.00. The first-order valence-electron chi connectivity index (χ1n) is 11.5. The topological polar surface area (TPSA) is 38.3 Å². The number of rotatable bonds is 6. The van der Waals surface area contributed by atoms with E-state index in [1.807, 2.05) is 103 Å². The maximum absolute atomic E-state index is 13.1. The minimum absolute atomic E-state index is 0.311. The first-order valence-corrected chi connectivity index (χ1v) is 11.5. The molecule has 1 N–H and O–H groups in total. The molecule has 4 aromatic rings.